The van der Waals surface area contributed by atoms with Crippen molar-refractivity contribution in [3.05, 3.63) is 66.4 Å². The van der Waals surface area contributed by atoms with Crippen molar-refractivity contribution in [2.24, 2.45) is 0 Å². The van der Waals surface area contributed by atoms with Crippen LogP contribution in [0.15, 0.2) is 60.7 Å². The highest BCUT2D eigenvalue weighted by molar-refractivity contribution is 5.78. The first-order chi connectivity index (χ1) is 12.7. The number of nitrogens with zero attached hydrogens (tertiary/aromatic N) is 1. The smallest absolute Gasteiger partial charge is 0.347 e. The molecule has 0 aliphatic heterocycles. The van der Waals surface area contributed by atoms with Crippen LogP contribution in [0.2, 0.25) is 0 Å². The highest BCUT2D eigenvalue weighted by Crippen LogP contribution is 2.22. The number of aromatic nitrogens is 1. The second-order valence-electron chi connectivity index (χ2n) is 5.77. The van der Waals surface area contributed by atoms with Crippen LogP contribution in [0.1, 0.15) is 19.5 Å². The maximum atomic E-state index is 11.7. The van der Waals surface area contributed by atoms with Gasteiger partial charge in [-0.15, -0.1) is 0 Å². The first kappa shape index (κ1) is 17.7. The number of hydrogen-bond donors (Lipinski definition) is 0. The number of esters is 1. The van der Waals surface area contributed by atoms with Gasteiger partial charge in [0.25, 0.3) is 0 Å². The minimum Gasteiger partial charge on any atom is -0.487 e. The highest BCUT2D eigenvalue weighted by Gasteiger charge is 2.15. The molecule has 0 radical (unpaired) electrons. The molecule has 1 atom stereocenters. The molecule has 1 heterocycles. The molecule has 5 heteroatoms. The van der Waals surface area contributed by atoms with Gasteiger partial charge in [0.1, 0.15) is 18.1 Å². The third kappa shape index (κ3) is 4.51. The number of fused-ring (bicyclic) bond motifs is 1. The Balaban J connectivity index is 1.63. The van der Waals surface area contributed by atoms with Crippen LogP contribution in [-0.4, -0.2) is 23.7 Å². The van der Waals surface area contributed by atoms with Gasteiger partial charge in [0.15, 0.2) is 6.10 Å². The van der Waals surface area contributed by atoms with Crippen molar-refractivity contribution in [1.29, 1.82) is 0 Å². The molecule has 0 saturated heterocycles. The predicted molar refractivity (Wildman–Crippen MR) is 99.2 cm³/mol. The van der Waals surface area contributed by atoms with Crippen LogP contribution in [0.5, 0.6) is 11.5 Å². The summed E-state index contributed by atoms with van der Waals surface area (Å²) in [6.07, 6.45) is -0.674. The fourth-order valence-electron chi connectivity index (χ4n) is 2.50. The molecule has 2 aromatic carbocycles. The van der Waals surface area contributed by atoms with Crippen molar-refractivity contribution in [3.63, 3.8) is 0 Å². The number of carbonyl (C=O) groups excluding carboxylic acids is 1. The number of pyridine rings is 1. The number of rotatable bonds is 7. The molecule has 0 bridgehead atoms. The predicted octanol–water partition coefficient (Wildman–Crippen LogP) is 4.14. The Morgan fingerprint density at radius 2 is 1.85 bits per heavy atom. The third-order valence-corrected chi connectivity index (χ3v) is 3.78. The minimum atomic E-state index is -0.674. The largest absolute Gasteiger partial charge is 0.487 e. The van der Waals surface area contributed by atoms with E-state index in [1.54, 1.807) is 26.0 Å². The lowest BCUT2D eigenvalue weighted by atomic mass is 10.2. The van der Waals surface area contributed by atoms with E-state index in [-0.39, 0.29) is 5.97 Å². The van der Waals surface area contributed by atoms with E-state index in [0.717, 1.165) is 16.6 Å². The van der Waals surface area contributed by atoms with Crippen LogP contribution in [-0.2, 0) is 16.1 Å². The molecular formula is C21H21NO4. The Bertz CT molecular complexity index is 894. The molecule has 1 aromatic heterocycles. The van der Waals surface area contributed by atoms with Crippen LogP contribution in [0.3, 0.4) is 0 Å². The molecule has 134 valence electrons. The average molecular weight is 351 g/mol. The molecule has 3 aromatic rings. The van der Waals surface area contributed by atoms with Gasteiger partial charge in [-0.3, -0.25) is 0 Å². The van der Waals surface area contributed by atoms with Crippen LogP contribution >= 0.6 is 0 Å². The highest BCUT2D eigenvalue weighted by atomic mass is 16.6. The summed E-state index contributed by atoms with van der Waals surface area (Å²) in [6, 6.07) is 19.1. The fourth-order valence-corrected chi connectivity index (χ4v) is 2.50. The lowest BCUT2D eigenvalue weighted by Crippen LogP contribution is -2.26. The van der Waals surface area contributed by atoms with Gasteiger partial charge in [-0.05, 0) is 38.1 Å². The van der Waals surface area contributed by atoms with Crippen LogP contribution in [0.4, 0.5) is 0 Å². The summed E-state index contributed by atoms with van der Waals surface area (Å²) >= 11 is 0. The summed E-state index contributed by atoms with van der Waals surface area (Å²) in [7, 11) is 0. The molecule has 0 aliphatic rings. The summed E-state index contributed by atoms with van der Waals surface area (Å²) in [5.74, 6) is 0.808. The number of para-hydroxylation sites is 1. The van der Waals surface area contributed by atoms with Crippen molar-refractivity contribution in [2.45, 2.75) is 26.6 Å². The van der Waals surface area contributed by atoms with Gasteiger partial charge >= 0.3 is 5.97 Å². The number of benzene rings is 2. The van der Waals surface area contributed by atoms with Gasteiger partial charge < -0.3 is 14.2 Å². The molecule has 0 spiro atoms. The normalized spacial score (nSPS) is 11.8. The van der Waals surface area contributed by atoms with Crippen molar-refractivity contribution >= 4 is 16.9 Å². The van der Waals surface area contributed by atoms with Crippen molar-refractivity contribution in [2.75, 3.05) is 6.61 Å². The van der Waals surface area contributed by atoms with Gasteiger partial charge in [0.2, 0.25) is 0 Å². The van der Waals surface area contributed by atoms with E-state index < -0.39 is 6.10 Å². The third-order valence-electron chi connectivity index (χ3n) is 3.78. The number of hydrogen-bond acceptors (Lipinski definition) is 5. The van der Waals surface area contributed by atoms with Crippen LogP contribution < -0.4 is 9.47 Å². The van der Waals surface area contributed by atoms with Gasteiger partial charge in [-0.1, -0.05) is 30.3 Å². The van der Waals surface area contributed by atoms with Gasteiger partial charge in [-0.25, -0.2) is 9.78 Å². The zero-order valence-electron chi connectivity index (χ0n) is 14.8. The molecule has 0 aliphatic carbocycles. The Morgan fingerprint density at radius 3 is 2.69 bits per heavy atom. The second-order valence-corrected chi connectivity index (χ2v) is 5.77. The molecule has 5 nitrogen and oxygen atoms in total. The zero-order chi connectivity index (χ0) is 18.4. The quantitative estimate of drug-likeness (QED) is 0.599. The average Bonchev–Trinajstić information content (AvgIpc) is 2.66. The first-order valence-corrected chi connectivity index (χ1v) is 8.56. The van der Waals surface area contributed by atoms with E-state index in [2.05, 4.69) is 4.98 Å². The Morgan fingerprint density at radius 1 is 1.04 bits per heavy atom. The van der Waals surface area contributed by atoms with Crippen molar-refractivity contribution in [3.8, 4) is 11.5 Å². The number of ether oxygens (including phenoxy) is 3. The van der Waals surface area contributed by atoms with E-state index >= 15 is 0 Å². The first-order valence-electron chi connectivity index (χ1n) is 8.56. The molecule has 0 N–H and O–H groups in total. The lowest BCUT2D eigenvalue weighted by Gasteiger charge is -2.14. The molecule has 0 fully saturated rings. The van der Waals surface area contributed by atoms with E-state index in [1.807, 2.05) is 48.5 Å². The lowest BCUT2D eigenvalue weighted by molar-refractivity contribution is -0.150. The monoisotopic (exact) mass is 351 g/mol. The molecule has 3 rings (SSSR count). The molecule has 26 heavy (non-hydrogen) atoms. The fraction of sp³-hybridized carbons (Fsp3) is 0.238. The SMILES string of the molecule is CCOC(=O)C(C)Oc1cccc(OCc2ccc3ccccc3n2)c1. The van der Waals surface area contributed by atoms with Crippen LogP contribution in [0, 0.1) is 0 Å². The maximum absolute atomic E-state index is 11.7. The van der Waals surface area contributed by atoms with Gasteiger partial charge in [0, 0.05) is 11.5 Å². The van der Waals surface area contributed by atoms with Gasteiger partial charge in [0.05, 0.1) is 17.8 Å². The van der Waals surface area contributed by atoms with E-state index in [9.17, 15) is 4.79 Å². The van der Waals surface area contributed by atoms with E-state index in [0.29, 0.717) is 24.7 Å². The Hall–Kier alpha value is -3.08. The molecule has 1 unspecified atom stereocenters. The van der Waals surface area contributed by atoms with Crippen molar-refractivity contribution < 1.29 is 19.0 Å². The standard InChI is InChI=1S/C21H21NO4/c1-3-24-21(23)15(2)26-19-9-6-8-18(13-19)25-14-17-12-11-16-7-4-5-10-20(16)22-17/h4-13,15H,3,14H2,1-2H3. The van der Waals surface area contributed by atoms with E-state index in [1.165, 1.54) is 0 Å². The van der Waals surface area contributed by atoms with Crippen molar-refractivity contribution in [1.82, 2.24) is 4.98 Å². The second kappa shape index (κ2) is 8.34. The Kier molecular flexibility index (Phi) is 5.69. The van der Waals surface area contributed by atoms with E-state index in [4.69, 9.17) is 14.2 Å². The van der Waals surface area contributed by atoms with Crippen LogP contribution in [0.25, 0.3) is 10.9 Å². The zero-order valence-corrected chi connectivity index (χ0v) is 14.8. The maximum Gasteiger partial charge on any atom is 0.347 e. The summed E-state index contributed by atoms with van der Waals surface area (Å²) in [5.41, 5.74) is 1.78. The minimum absolute atomic E-state index is 0.328. The number of carbonyl (C=O) groups is 1. The molecular weight excluding hydrogens is 330 g/mol. The summed E-state index contributed by atoms with van der Waals surface area (Å²) in [4.78, 5) is 16.3. The van der Waals surface area contributed by atoms with Gasteiger partial charge in [-0.2, -0.15) is 0 Å². The topological polar surface area (TPSA) is 57.7 Å². The molecule has 0 amide bonds. The Labute approximate surface area is 152 Å². The summed E-state index contributed by atoms with van der Waals surface area (Å²) in [5, 5.41) is 1.10. The summed E-state index contributed by atoms with van der Waals surface area (Å²) in [6.45, 7) is 4.10. The molecule has 0 saturated carbocycles. The summed E-state index contributed by atoms with van der Waals surface area (Å²) < 4.78 is 16.4.